The number of thiophene rings is 1. The molecule has 2 aliphatic rings. The molecule has 0 unspecified atom stereocenters. The van der Waals surface area contributed by atoms with E-state index in [0.29, 0.717) is 12.0 Å². The monoisotopic (exact) mass is 374 g/mol. The zero-order chi connectivity index (χ0) is 17.9. The topological polar surface area (TPSA) is 68.2 Å². The SMILES string of the molecule is CCn1cc(NC(=O)c2cc([C@@H]3C[C@H]3NCC3CCOCC3)cs2)cn1. The van der Waals surface area contributed by atoms with Crippen LogP contribution in [0.15, 0.2) is 23.8 Å². The van der Waals surface area contributed by atoms with Gasteiger partial charge in [-0.25, -0.2) is 0 Å². The van der Waals surface area contributed by atoms with E-state index in [0.717, 1.165) is 42.8 Å². The highest BCUT2D eigenvalue weighted by Gasteiger charge is 2.39. The van der Waals surface area contributed by atoms with Crippen LogP contribution in [0.2, 0.25) is 0 Å². The molecule has 3 heterocycles. The zero-order valence-corrected chi connectivity index (χ0v) is 15.9. The molecule has 26 heavy (non-hydrogen) atoms. The van der Waals surface area contributed by atoms with Crippen molar-refractivity contribution in [1.29, 1.82) is 0 Å². The molecule has 140 valence electrons. The van der Waals surface area contributed by atoms with Crippen molar-refractivity contribution in [3.63, 3.8) is 0 Å². The van der Waals surface area contributed by atoms with Crippen LogP contribution in [-0.4, -0.2) is 41.5 Å². The van der Waals surface area contributed by atoms with Gasteiger partial charge in [0.25, 0.3) is 5.91 Å². The van der Waals surface area contributed by atoms with Gasteiger partial charge in [-0.2, -0.15) is 5.10 Å². The van der Waals surface area contributed by atoms with E-state index in [4.69, 9.17) is 4.74 Å². The van der Waals surface area contributed by atoms with Gasteiger partial charge in [0.2, 0.25) is 0 Å². The van der Waals surface area contributed by atoms with Gasteiger partial charge in [-0.1, -0.05) is 0 Å². The average molecular weight is 375 g/mol. The maximum Gasteiger partial charge on any atom is 0.265 e. The Morgan fingerprint density at radius 2 is 2.27 bits per heavy atom. The summed E-state index contributed by atoms with van der Waals surface area (Å²) < 4.78 is 7.22. The second kappa shape index (κ2) is 7.90. The van der Waals surface area contributed by atoms with E-state index in [1.54, 1.807) is 10.9 Å². The van der Waals surface area contributed by atoms with Gasteiger partial charge in [-0.3, -0.25) is 9.48 Å². The van der Waals surface area contributed by atoms with E-state index in [-0.39, 0.29) is 5.91 Å². The molecule has 0 bridgehead atoms. The normalized spacial score (nSPS) is 23.1. The van der Waals surface area contributed by atoms with Crippen LogP contribution >= 0.6 is 11.3 Å². The number of amides is 1. The Labute approximate surface area is 157 Å². The standard InChI is InChI=1S/C19H26N4O2S/c1-2-23-11-15(10-21-23)22-19(24)18-7-14(12-26-18)16-8-17(16)20-9-13-3-5-25-6-4-13/h7,10-13,16-17,20H,2-6,8-9H2,1H3,(H,22,24)/t16-,17+/m0/s1. The van der Waals surface area contributed by atoms with Crippen LogP contribution in [0, 0.1) is 5.92 Å². The second-order valence-electron chi connectivity index (χ2n) is 7.20. The minimum absolute atomic E-state index is 0.0516. The smallest absolute Gasteiger partial charge is 0.265 e. The lowest BCUT2D eigenvalue weighted by Crippen LogP contribution is -2.29. The molecule has 7 heteroatoms. The van der Waals surface area contributed by atoms with Crippen LogP contribution in [0.1, 0.15) is 47.3 Å². The van der Waals surface area contributed by atoms with Crippen molar-refractivity contribution in [2.75, 3.05) is 25.1 Å². The molecule has 2 atom stereocenters. The average Bonchev–Trinajstić information content (AvgIpc) is 3.07. The first-order valence-electron chi connectivity index (χ1n) is 9.46. The van der Waals surface area contributed by atoms with Gasteiger partial charge in [0.15, 0.2) is 0 Å². The Bertz CT molecular complexity index is 750. The zero-order valence-electron chi connectivity index (χ0n) is 15.1. The highest BCUT2D eigenvalue weighted by molar-refractivity contribution is 7.12. The maximum absolute atomic E-state index is 12.4. The minimum atomic E-state index is -0.0516. The summed E-state index contributed by atoms with van der Waals surface area (Å²) in [7, 11) is 0. The fraction of sp³-hybridized carbons (Fsp3) is 0.579. The van der Waals surface area contributed by atoms with Gasteiger partial charge in [0.05, 0.1) is 16.8 Å². The lowest BCUT2D eigenvalue weighted by Gasteiger charge is -2.22. The minimum Gasteiger partial charge on any atom is -0.381 e. The molecule has 2 N–H and O–H groups in total. The third-order valence-corrected chi connectivity index (χ3v) is 6.23. The number of anilines is 1. The van der Waals surface area contributed by atoms with Gasteiger partial charge < -0.3 is 15.4 Å². The van der Waals surface area contributed by atoms with Crippen LogP contribution in [-0.2, 0) is 11.3 Å². The van der Waals surface area contributed by atoms with Crippen molar-refractivity contribution in [3.05, 3.63) is 34.3 Å². The van der Waals surface area contributed by atoms with Gasteiger partial charge in [0.1, 0.15) is 0 Å². The summed E-state index contributed by atoms with van der Waals surface area (Å²) in [6.45, 7) is 5.71. The number of nitrogens with zero attached hydrogens (tertiary/aromatic N) is 2. The van der Waals surface area contributed by atoms with Gasteiger partial charge in [-0.05, 0) is 55.7 Å². The van der Waals surface area contributed by atoms with Gasteiger partial charge in [-0.15, -0.1) is 11.3 Å². The highest BCUT2D eigenvalue weighted by atomic mass is 32.1. The number of hydrogen-bond donors (Lipinski definition) is 2. The molecule has 0 aromatic carbocycles. The van der Waals surface area contributed by atoms with Crippen LogP contribution < -0.4 is 10.6 Å². The molecule has 2 aromatic heterocycles. The predicted molar refractivity (Wildman–Crippen MR) is 103 cm³/mol. The molecule has 1 amide bonds. The molecular formula is C19H26N4O2S. The van der Waals surface area contributed by atoms with Crippen LogP contribution in [0.25, 0.3) is 0 Å². The number of aromatic nitrogens is 2. The quantitative estimate of drug-likeness (QED) is 0.781. The lowest BCUT2D eigenvalue weighted by molar-refractivity contribution is 0.0662. The summed E-state index contributed by atoms with van der Waals surface area (Å²) in [6, 6.07) is 2.61. The molecule has 1 aliphatic heterocycles. The number of rotatable bonds is 7. The first-order valence-corrected chi connectivity index (χ1v) is 10.3. The van der Waals surface area contributed by atoms with Crippen molar-refractivity contribution in [3.8, 4) is 0 Å². The number of carbonyl (C=O) groups is 1. The molecule has 1 saturated heterocycles. The summed E-state index contributed by atoms with van der Waals surface area (Å²) in [5.41, 5.74) is 2.03. The molecule has 0 radical (unpaired) electrons. The number of carbonyl (C=O) groups excluding carboxylic acids is 1. The van der Waals surface area contributed by atoms with Crippen molar-refractivity contribution >= 4 is 22.9 Å². The third kappa shape index (κ3) is 4.16. The summed E-state index contributed by atoms with van der Waals surface area (Å²) in [4.78, 5) is 13.2. The molecular weight excluding hydrogens is 348 g/mol. The largest absolute Gasteiger partial charge is 0.381 e. The summed E-state index contributed by atoms with van der Waals surface area (Å²) in [5, 5.41) is 12.9. The Hall–Kier alpha value is -1.70. The number of aryl methyl sites for hydroxylation is 1. The Morgan fingerprint density at radius 3 is 3.04 bits per heavy atom. The summed E-state index contributed by atoms with van der Waals surface area (Å²) in [5.74, 6) is 1.25. The fourth-order valence-electron chi connectivity index (χ4n) is 3.52. The second-order valence-corrected chi connectivity index (χ2v) is 8.11. The van der Waals surface area contributed by atoms with E-state index in [1.807, 2.05) is 19.2 Å². The van der Waals surface area contributed by atoms with E-state index in [2.05, 4.69) is 21.1 Å². The molecule has 2 aromatic rings. The number of nitrogens with one attached hydrogen (secondary N) is 2. The molecule has 1 aliphatic carbocycles. The number of ether oxygens (including phenoxy) is 1. The van der Waals surface area contributed by atoms with Crippen LogP contribution in [0.3, 0.4) is 0 Å². The van der Waals surface area contributed by atoms with Crippen molar-refractivity contribution in [2.24, 2.45) is 5.92 Å². The predicted octanol–water partition coefficient (Wildman–Crippen LogP) is 3.09. The molecule has 2 fully saturated rings. The molecule has 0 spiro atoms. The summed E-state index contributed by atoms with van der Waals surface area (Å²) in [6.07, 6.45) is 7.05. The van der Waals surface area contributed by atoms with Crippen LogP contribution in [0.4, 0.5) is 5.69 Å². The Morgan fingerprint density at radius 1 is 1.42 bits per heavy atom. The number of hydrogen-bond acceptors (Lipinski definition) is 5. The summed E-state index contributed by atoms with van der Waals surface area (Å²) >= 11 is 1.52. The highest BCUT2D eigenvalue weighted by Crippen LogP contribution is 2.42. The lowest BCUT2D eigenvalue weighted by atomic mass is 10.0. The molecule has 4 rings (SSSR count). The first kappa shape index (κ1) is 17.7. The van der Waals surface area contributed by atoms with Crippen LogP contribution in [0.5, 0.6) is 0 Å². The van der Waals surface area contributed by atoms with Crippen molar-refractivity contribution < 1.29 is 9.53 Å². The van der Waals surface area contributed by atoms with E-state index in [9.17, 15) is 4.79 Å². The molecule has 6 nitrogen and oxygen atoms in total. The van der Waals surface area contributed by atoms with E-state index in [1.165, 1.54) is 36.2 Å². The van der Waals surface area contributed by atoms with Gasteiger partial charge in [0, 0.05) is 37.9 Å². The first-order chi connectivity index (χ1) is 12.7. The van der Waals surface area contributed by atoms with E-state index >= 15 is 0 Å². The fourth-order valence-corrected chi connectivity index (χ4v) is 4.38. The maximum atomic E-state index is 12.4. The Balaban J connectivity index is 1.27. The molecule has 1 saturated carbocycles. The van der Waals surface area contributed by atoms with Gasteiger partial charge >= 0.3 is 0 Å². The third-order valence-electron chi connectivity index (χ3n) is 5.29. The Kier molecular flexibility index (Phi) is 5.38. The van der Waals surface area contributed by atoms with E-state index < -0.39 is 0 Å². The van der Waals surface area contributed by atoms with Crippen molar-refractivity contribution in [1.82, 2.24) is 15.1 Å². The van der Waals surface area contributed by atoms with Crippen molar-refractivity contribution in [2.45, 2.75) is 44.7 Å².